The van der Waals surface area contributed by atoms with Gasteiger partial charge in [0.15, 0.2) is 0 Å². The molecule has 1 fully saturated rings. The monoisotopic (exact) mass is 259 g/mol. The minimum Gasteiger partial charge on any atom is -0.368 e. The van der Waals surface area contributed by atoms with Gasteiger partial charge >= 0.3 is 0 Å². The predicted octanol–water partition coefficient (Wildman–Crippen LogP) is -0.148. The molecule has 0 aromatic rings. The summed E-state index contributed by atoms with van der Waals surface area (Å²) in [4.78, 5) is 22.7. The minimum absolute atomic E-state index is 0.127. The lowest BCUT2D eigenvalue weighted by atomic mass is 10.1. The molecule has 0 bridgehead atoms. The minimum atomic E-state index is -0.967. The summed E-state index contributed by atoms with van der Waals surface area (Å²) in [6, 6.07) is 0. The van der Waals surface area contributed by atoms with Crippen LogP contribution < -0.4 is 16.4 Å². The number of carbonyl (C=O) groups is 2. The molecule has 0 aromatic heterocycles. The zero-order valence-corrected chi connectivity index (χ0v) is 11.2. The third-order valence-electron chi connectivity index (χ3n) is 2.80. The standard InChI is InChI=1S/C11H21N3O2S/c1-11(2,10(12)16)14-9(15)7-17-8-3-5-13-6-4-8/h8,13H,3-7H2,1-2H3,(H2,12,16)(H,14,15). The average molecular weight is 259 g/mol. The lowest BCUT2D eigenvalue weighted by Gasteiger charge is -2.24. The Morgan fingerprint density at radius 3 is 2.53 bits per heavy atom. The van der Waals surface area contributed by atoms with Gasteiger partial charge in [0, 0.05) is 5.25 Å². The van der Waals surface area contributed by atoms with Crippen LogP contribution in [-0.4, -0.2) is 41.4 Å². The molecule has 6 heteroatoms. The molecule has 0 aliphatic carbocycles. The summed E-state index contributed by atoms with van der Waals surface area (Å²) in [5.41, 5.74) is 4.22. The summed E-state index contributed by atoms with van der Waals surface area (Å²) in [6.45, 7) is 5.27. The number of nitrogens with two attached hydrogens (primary N) is 1. The van der Waals surface area contributed by atoms with Crippen molar-refractivity contribution in [3.63, 3.8) is 0 Å². The van der Waals surface area contributed by atoms with Crippen LogP contribution in [0.25, 0.3) is 0 Å². The molecule has 0 atom stereocenters. The number of amides is 2. The number of rotatable bonds is 5. The molecule has 1 heterocycles. The van der Waals surface area contributed by atoms with Crippen molar-refractivity contribution in [2.24, 2.45) is 5.73 Å². The third-order valence-corrected chi connectivity index (χ3v) is 4.18. The van der Waals surface area contributed by atoms with Crippen LogP contribution in [0.2, 0.25) is 0 Å². The van der Waals surface area contributed by atoms with E-state index in [1.54, 1.807) is 25.6 Å². The first kappa shape index (κ1) is 14.3. The Morgan fingerprint density at radius 2 is 2.00 bits per heavy atom. The summed E-state index contributed by atoms with van der Waals surface area (Å²) >= 11 is 1.65. The second kappa shape index (κ2) is 6.26. The molecular formula is C11H21N3O2S. The molecule has 17 heavy (non-hydrogen) atoms. The van der Waals surface area contributed by atoms with Crippen LogP contribution in [0.4, 0.5) is 0 Å². The van der Waals surface area contributed by atoms with Crippen molar-refractivity contribution in [1.29, 1.82) is 0 Å². The molecule has 0 spiro atoms. The highest BCUT2D eigenvalue weighted by atomic mass is 32.2. The van der Waals surface area contributed by atoms with Crippen LogP contribution in [0.15, 0.2) is 0 Å². The highest BCUT2D eigenvalue weighted by molar-refractivity contribution is 8.00. The van der Waals surface area contributed by atoms with Gasteiger partial charge in [-0.3, -0.25) is 9.59 Å². The van der Waals surface area contributed by atoms with E-state index >= 15 is 0 Å². The fourth-order valence-corrected chi connectivity index (χ4v) is 2.63. The van der Waals surface area contributed by atoms with Gasteiger partial charge in [-0.05, 0) is 39.8 Å². The molecule has 0 unspecified atom stereocenters. The van der Waals surface area contributed by atoms with E-state index in [0.717, 1.165) is 25.9 Å². The van der Waals surface area contributed by atoms with Crippen LogP contribution >= 0.6 is 11.8 Å². The smallest absolute Gasteiger partial charge is 0.242 e. The molecule has 0 aromatic carbocycles. The third kappa shape index (κ3) is 4.95. The van der Waals surface area contributed by atoms with Crippen LogP contribution in [0.3, 0.4) is 0 Å². The summed E-state index contributed by atoms with van der Waals surface area (Å²) in [6.07, 6.45) is 2.19. The summed E-state index contributed by atoms with van der Waals surface area (Å²) < 4.78 is 0. The van der Waals surface area contributed by atoms with Gasteiger partial charge in [-0.15, -0.1) is 11.8 Å². The van der Waals surface area contributed by atoms with Crippen molar-refractivity contribution in [1.82, 2.24) is 10.6 Å². The lowest BCUT2D eigenvalue weighted by molar-refractivity contribution is -0.129. The Labute approximate surface area is 106 Å². The molecule has 1 aliphatic heterocycles. The molecule has 0 saturated carbocycles. The first-order chi connectivity index (χ1) is 7.92. The number of carbonyl (C=O) groups excluding carboxylic acids is 2. The van der Waals surface area contributed by atoms with E-state index in [1.807, 2.05) is 0 Å². The van der Waals surface area contributed by atoms with Gasteiger partial charge in [0.05, 0.1) is 5.75 Å². The molecular weight excluding hydrogens is 238 g/mol. The fraction of sp³-hybridized carbons (Fsp3) is 0.818. The number of hydrogen-bond donors (Lipinski definition) is 3. The molecule has 1 aliphatic rings. The Kier molecular flexibility index (Phi) is 5.27. The second-order valence-corrected chi connectivity index (χ2v) is 6.09. The van der Waals surface area contributed by atoms with E-state index in [9.17, 15) is 9.59 Å². The Balaban J connectivity index is 2.27. The number of primary amides is 1. The Morgan fingerprint density at radius 1 is 1.41 bits per heavy atom. The van der Waals surface area contributed by atoms with Crippen LogP contribution in [-0.2, 0) is 9.59 Å². The van der Waals surface area contributed by atoms with E-state index in [-0.39, 0.29) is 5.91 Å². The molecule has 5 nitrogen and oxygen atoms in total. The highest BCUT2D eigenvalue weighted by Gasteiger charge is 2.27. The van der Waals surface area contributed by atoms with Crippen molar-refractivity contribution < 1.29 is 9.59 Å². The van der Waals surface area contributed by atoms with Crippen LogP contribution in [0, 0.1) is 0 Å². The van der Waals surface area contributed by atoms with Crippen molar-refractivity contribution in [3.05, 3.63) is 0 Å². The first-order valence-electron chi connectivity index (χ1n) is 5.85. The van der Waals surface area contributed by atoms with E-state index in [1.165, 1.54) is 0 Å². The van der Waals surface area contributed by atoms with Gasteiger partial charge in [0.25, 0.3) is 0 Å². The molecule has 1 rings (SSSR count). The van der Waals surface area contributed by atoms with Gasteiger partial charge in [-0.25, -0.2) is 0 Å². The summed E-state index contributed by atoms with van der Waals surface area (Å²) in [5.74, 6) is -0.253. The topological polar surface area (TPSA) is 84.2 Å². The first-order valence-corrected chi connectivity index (χ1v) is 6.90. The van der Waals surface area contributed by atoms with Gasteiger partial charge in [-0.1, -0.05) is 0 Å². The SMILES string of the molecule is CC(C)(NC(=O)CSC1CCNCC1)C(N)=O. The van der Waals surface area contributed by atoms with Gasteiger partial charge in [-0.2, -0.15) is 0 Å². The van der Waals surface area contributed by atoms with E-state index in [4.69, 9.17) is 5.73 Å². The molecule has 4 N–H and O–H groups in total. The number of nitrogens with one attached hydrogen (secondary N) is 2. The van der Waals surface area contributed by atoms with Gasteiger partial charge in [0.1, 0.15) is 5.54 Å². The second-order valence-electron chi connectivity index (χ2n) is 4.80. The maximum absolute atomic E-state index is 11.7. The number of piperidine rings is 1. The lowest BCUT2D eigenvalue weighted by Crippen LogP contribution is -2.53. The van der Waals surface area contributed by atoms with Crippen LogP contribution in [0.1, 0.15) is 26.7 Å². The van der Waals surface area contributed by atoms with Crippen molar-refractivity contribution in [3.8, 4) is 0 Å². The summed E-state index contributed by atoms with van der Waals surface area (Å²) in [5, 5.41) is 6.47. The van der Waals surface area contributed by atoms with E-state index in [0.29, 0.717) is 11.0 Å². The van der Waals surface area contributed by atoms with Gasteiger partial charge in [0.2, 0.25) is 11.8 Å². The predicted molar refractivity (Wildman–Crippen MR) is 69.8 cm³/mol. The fourth-order valence-electron chi connectivity index (χ4n) is 1.60. The zero-order chi connectivity index (χ0) is 12.9. The van der Waals surface area contributed by atoms with Crippen molar-refractivity contribution >= 4 is 23.6 Å². The number of thioether (sulfide) groups is 1. The average Bonchev–Trinajstić information content (AvgIpc) is 2.27. The Bertz CT molecular complexity index is 288. The normalized spacial score (nSPS) is 17.8. The largest absolute Gasteiger partial charge is 0.368 e. The maximum atomic E-state index is 11.7. The number of hydrogen-bond acceptors (Lipinski definition) is 4. The molecule has 0 radical (unpaired) electrons. The quantitative estimate of drug-likeness (QED) is 0.641. The summed E-state index contributed by atoms with van der Waals surface area (Å²) in [7, 11) is 0. The van der Waals surface area contributed by atoms with E-state index < -0.39 is 11.4 Å². The van der Waals surface area contributed by atoms with Crippen molar-refractivity contribution in [2.75, 3.05) is 18.8 Å². The molecule has 1 saturated heterocycles. The maximum Gasteiger partial charge on any atom is 0.242 e. The van der Waals surface area contributed by atoms with Crippen LogP contribution in [0.5, 0.6) is 0 Å². The van der Waals surface area contributed by atoms with E-state index in [2.05, 4.69) is 10.6 Å². The molecule has 2 amide bonds. The van der Waals surface area contributed by atoms with Crippen molar-refractivity contribution in [2.45, 2.75) is 37.5 Å². The van der Waals surface area contributed by atoms with Gasteiger partial charge < -0.3 is 16.4 Å². The highest BCUT2D eigenvalue weighted by Crippen LogP contribution is 2.19. The molecule has 98 valence electrons. The zero-order valence-electron chi connectivity index (χ0n) is 10.4. The Hall–Kier alpha value is -0.750.